The van der Waals surface area contributed by atoms with Crippen LogP contribution in [0.5, 0.6) is 0 Å². The van der Waals surface area contributed by atoms with Gasteiger partial charge in [0.25, 0.3) is 0 Å². The predicted molar refractivity (Wildman–Crippen MR) is 79.2 cm³/mol. The molecule has 0 amide bonds. The van der Waals surface area contributed by atoms with Crippen LogP contribution >= 0.6 is 54.8 Å². The Kier molecular flexibility index (Phi) is 4.42. The second-order valence-corrected chi connectivity index (χ2v) is 6.35. The molecule has 0 aliphatic heterocycles. The van der Waals surface area contributed by atoms with Gasteiger partial charge >= 0.3 is 0 Å². The van der Waals surface area contributed by atoms with Crippen LogP contribution in [0.25, 0.3) is 0 Å². The van der Waals surface area contributed by atoms with Gasteiger partial charge in [0.2, 0.25) is 0 Å². The SMILES string of the molecule is O=C(Cc1ccccc1Cl)c1scc(Br)c1Br. The minimum absolute atomic E-state index is 0.0701. The third-order valence-electron chi connectivity index (χ3n) is 2.25. The summed E-state index contributed by atoms with van der Waals surface area (Å²) in [7, 11) is 0. The van der Waals surface area contributed by atoms with E-state index in [4.69, 9.17) is 11.6 Å². The monoisotopic (exact) mass is 392 g/mol. The van der Waals surface area contributed by atoms with Gasteiger partial charge in [0, 0.05) is 21.3 Å². The lowest BCUT2D eigenvalue weighted by atomic mass is 10.1. The summed E-state index contributed by atoms with van der Waals surface area (Å²) in [5, 5.41) is 2.52. The molecule has 5 heteroatoms. The Bertz CT molecular complexity index is 565. The largest absolute Gasteiger partial charge is 0.293 e. The zero-order valence-electron chi connectivity index (χ0n) is 8.54. The topological polar surface area (TPSA) is 17.1 Å². The number of benzene rings is 1. The van der Waals surface area contributed by atoms with E-state index in [1.165, 1.54) is 11.3 Å². The average Bonchev–Trinajstić information content (AvgIpc) is 2.63. The standard InChI is InChI=1S/C12H7Br2ClOS/c13-8-6-17-12(11(8)14)10(16)5-7-3-1-2-4-9(7)15/h1-4,6H,5H2. The fourth-order valence-electron chi connectivity index (χ4n) is 1.41. The minimum atomic E-state index is 0.0701. The third-order valence-corrected chi connectivity index (χ3v) is 6.19. The molecule has 0 saturated carbocycles. The number of halogens is 3. The van der Waals surface area contributed by atoms with E-state index >= 15 is 0 Å². The second-order valence-electron chi connectivity index (χ2n) is 3.42. The first kappa shape index (κ1) is 13.3. The van der Waals surface area contributed by atoms with Gasteiger partial charge in [-0.25, -0.2) is 0 Å². The third kappa shape index (κ3) is 2.99. The first-order chi connectivity index (χ1) is 8.09. The molecule has 17 heavy (non-hydrogen) atoms. The first-order valence-electron chi connectivity index (χ1n) is 4.78. The van der Waals surface area contributed by atoms with Crippen molar-refractivity contribution in [3.05, 3.63) is 54.1 Å². The summed E-state index contributed by atoms with van der Waals surface area (Å²) in [4.78, 5) is 12.8. The molecule has 0 saturated heterocycles. The molecule has 1 aromatic carbocycles. The van der Waals surface area contributed by atoms with Crippen molar-refractivity contribution < 1.29 is 4.79 Å². The molecule has 2 rings (SSSR count). The molecule has 0 atom stereocenters. The highest BCUT2D eigenvalue weighted by Crippen LogP contribution is 2.33. The molecule has 0 unspecified atom stereocenters. The molecule has 1 aromatic heterocycles. The maximum Gasteiger partial charge on any atom is 0.178 e. The molecule has 0 radical (unpaired) electrons. The quantitative estimate of drug-likeness (QED) is 0.641. The summed E-state index contributed by atoms with van der Waals surface area (Å²) in [5.41, 5.74) is 0.857. The Morgan fingerprint density at radius 3 is 2.59 bits per heavy atom. The van der Waals surface area contributed by atoms with Crippen molar-refractivity contribution in [2.45, 2.75) is 6.42 Å². The average molecular weight is 395 g/mol. The van der Waals surface area contributed by atoms with Crippen molar-refractivity contribution in [3.8, 4) is 0 Å². The van der Waals surface area contributed by atoms with Crippen LogP contribution in [0.2, 0.25) is 5.02 Å². The number of Topliss-reactive ketones (excluding diaryl/α,β-unsaturated/α-hetero) is 1. The number of hydrogen-bond donors (Lipinski definition) is 0. The van der Waals surface area contributed by atoms with Crippen LogP contribution in [-0.4, -0.2) is 5.78 Å². The normalized spacial score (nSPS) is 10.5. The summed E-state index contributed by atoms with van der Waals surface area (Å²) in [5.74, 6) is 0.0701. The van der Waals surface area contributed by atoms with Crippen molar-refractivity contribution in [1.29, 1.82) is 0 Å². The predicted octanol–water partition coefficient (Wildman–Crippen LogP) is 5.35. The Labute approximate surface area is 125 Å². The highest BCUT2D eigenvalue weighted by molar-refractivity contribution is 9.13. The number of ketones is 1. The number of thiophene rings is 1. The highest BCUT2D eigenvalue weighted by atomic mass is 79.9. The number of hydrogen-bond acceptors (Lipinski definition) is 2. The number of carbonyl (C=O) groups excluding carboxylic acids is 1. The van der Waals surface area contributed by atoms with Crippen LogP contribution in [0.15, 0.2) is 38.6 Å². The van der Waals surface area contributed by atoms with Gasteiger partial charge in [-0.15, -0.1) is 11.3 Å². The second kappa shape index (κ2) is 5.65. The summed E-state index contributed by atoms with van der Waals surface area (Å²) < 4.78 is 1.73. The maximum atomic E-state index is 12.1. The Morgan fingerprint density at radius 2 is 2.00 bits per heavy atom. The molecule has 1 heterocycles. The highest BCUT2D eigenvalue weighted by Gasteiger charge is 2.16. The summed E-state index contributed by atoms with van der Waals surface area (Å²) in [6, 6.07) is 7.40. The van der Waals surface area contributed by atoms with E-state index in [1.54, 1.807) is 6.07 Å². The molecule has 1 nitrogen and oxygen atoms in total. The van der Waals surface area contributed by atoms with E-state index < -0.39 is 0 Å². The number of rotatable bonds is 3. The van der Waals surface area contributed by atoms with E-state index in [0.717, 1.165) is 19.4 Å². The van der Waals surface area contributed by atoms with Gasteiger partial charge in [-0.3, -0.25) is 4.79 Å². The van der Waals surface area contributed by atoms with E-state index in [9.17, 15) is 4.79 Å². The van der Waals surface area contributed by atoms with Crippen molar-refractivity contribution in [3.63, 3.8) is 0 Å². The van der Waals surface area contributed by atoms with Crippen LogP contribution in [0.1, 0.15) is 15.2 Å². The molecule has 88 valence electrons. The van der Waals surface area contributed by atoms with Crippen molar-refractivity contribution in [2.24, 2.45) is 0 Å². The fraction of sp³-hybridized carbons (Fsp3) is 0.0833. The molecular formula is C12H7Br2ClOS. The van der Waals surface area contributed by atoms with E-state index in [-0.39, 0.29) is 5.78 Å². The summed E-state index contributed by atoms with van der Waals surface area (Å²) in [6.07, 6.45) is 0.325. The van der Waals surface area contributed by atoms with Crippen LogP contribution in [-0.2, 0) is 6.42 Å². The molecular weight excluding hydrogens is 387 g/mol. The molecule has 0 N–H and O–H groups in total. The van der Waals surface area contributed by atoms with Crippen LogP contribution < -0.4 is 0 Å². The van der Waals surface area contributed by atoms with Crippen molar-refractivity contribution in [2.75, 3.05) is 0 Å². The van der Waals surface area contributed by atoms with Crippen molar-refractivity contribution >= 4 is 60.6 Å². The van der Waals surface area contributed by atoms with Gasteiger partial charge in [0.05, 0.1) is 9.35 Å². The fourth-order valence-corrected chi connectivity index (χ4v) is 3.74. The molecule has 0 bridgehead atoms. The van der Waals surface area contributed by atoms with Crippen LogP contribution in [0, 0.1) is 0 Å². The van der Waals surface area contributed by atoms with E-state index in [0.29, 0.717) is 11.4 Å². The van der Waals surface area contributed by atoms with Gasteiger partial charge in [-0.2, -0.15) is 0 Å². The van der Waals surface area contributed by atoms with Crippen molar-refractivity contribution in [1.82, 2.24) is 0 Å². The molecule has 2 aromatic rings. The Balaban J connectivity index is 2.23. The minimum Gasteiger partial charge on any atom is -0.293 e. The molecule has 0 fully saturated rings. The Hall–Kier alpha value is -0.160. The summed E-state index contributed by atoms with van der Waals surface area (Å²) >= 11 is 14.2. The zero-order chi connectivity index (χ0) is 12.4. The van der Waals surface area contributed by atoms with Crippen LogP contribution in [0.3, 0.4) is 0 Å². The maximum absolute atomic E-state index is 12.1. The van der Waals surface area contributed by atoms with Gasteiger partial charge in [-0.05, 0) is 43.5 Å². The lowest BCUT2D eigenvalue weighted by Crippen LogP contribution is -2.02. The van der Waals surface area contributed by atoms with Gasteiger partial charge in [0.15, 0.2) is 5.78 Å². The molecule has 0 aliphatic carbocycles. The first-order valence-corrected chi connectivity index (χ1v) is 7.63. The molecule has 0 spiro atoms. The lowest BCUT2D eigenvalue weighted by molar-refractivity contribution is 0.0996. The van der Waals surface area contributed by atoms with Gasteiger partial charge in [0.1, 0.15) is 0 Å². The van der Waals surface area contributed by atoms with E-state index in [1.807, 2.05) is 23.6 Å². The van der Waals surface area contributed by atoms with Crippen LogP contribution in [0.4, 0.5) is 0 Å². The van der Waals surface area contributed by atoms with Gasteiger partial charge < -0.3 is 0 Å². The van der Waals surface area contributed by atoms with Gasteiger partial charge in [-0.1, -0.05) is 29.8 Å². The van der Waals surface area contributed by atoms with E-state index in [2.05, 4.69) is 31.9 Å². The summed E-state index contributed by atoms with van der Waals surface area (Å²) in [6.45, 7) is 0. The number of carbonyl (C=O) groups is 1. The zero-order valence-corrected chi connectivity index (χ0v) is 13.3. The Morgan fingerprint density at radius 1 is 1.29 bits per heavy atom. The smallest absolute Gasteiger partial charge is 0.178 e. The molecule has 0 aliphatic rings. The lowest BCUT2D eigenvalue weighted by Gasteiger charge is -2.02.